The van der Waals surface area contributed by atoms with Crippen LogP contribution in [-0.4, -0.2) is 34.2 Å². The molecule has 1 aliphatic carbocycles. The molecule has 4 nitrogen and oxygen atoms in total. The fourth-order valence-electron chi connectivity index (χ4n) is 3.08. The minimum absolute atomic E-state index is 0.00574. The molecule has 1 N–H and O–H groups in total. The average molecular weight is 342 g/mol. The maximum absolute atomic E-state index is 12.6. The van der Waals surface area contributed by atoms with Gasteiger partial charge in [0.1, 0.15) is 12.4 Å². The first-order valence-corrected chi connectivity index (χ1v) is 9.78. The molecule has 0 aromatic rings. The van der Waals surface area contributed by atoms with Crippen molar-refractivity contribution >= 4 is 23.3 Å². The molecule has 0 amide bonds. The Morgan fingerprint density at radius 1 is 1.43 bits per heavy atom. The monoisotopic (exact) mass is 341 g/mol. The van der Waals surface area contributed by atoms with Crippen molar-refractivity contribution in [3.05, 3.63) is 11.3 Å². The lowest BCUT2D eigenvalue weighted by Gasteiger charge is -2.31. The van der Waals surface area contributed by atoms with E-state index in [1.165, 1.54) is 0 Å². The summed E-state index contributed by atoms with van der Waals surface area (Å²) in [6.07, 6.45) is 2.95. The van der Waals surface area contributed by atoms with E-state index in [0.717, 1.165) is 18.6 Å². The summed E-state index contributed by atoms with van der Waals surface area (Å²) in [4.78, 5) is 17.8. The number of rotatable bonds is 9. The van der Waals surface area contributed by atoms with Crippen LogP contribution in [0, 0.1) is 11.8 Å². The molecule has 0 heterocycles. The SMILES string of the molecule is CCC/C(=N/OCC)C1=C(O)C(C)C(CC(C)SCC)CC1=O. The largest absolute Gasteiger partial charge is 0.511 e. The molecule has 1 rings (SSSR count). The molecule has 0 radical (unpaired) electrons. The van der Waals surface area contributed by atoms with Crippen molar-refractivity contribution in [2.24, 2.45) is 17.0 Å². The highest BCUT2D eigenvalue weighted by Gasteiger charge is 2.36. The minimum Gasteiger partial charge on any atom is -0.511 e. The molecule has 0 aliphatic heterocycles. The second kappa shape index (κ2) is 10.0. The quantitative estimate of drug-likeness (QED) is 0.486. The molecule has 3 unspecified atom stereocenters. The van der Waals surface area contributed by atoms with Crippen molar-refractivity contribution in [2.75, 3.05) is 12.4 Å². The molecule has 0 fully saturated rings. The number of aliphatic hydroxyl groups excluding tert-OH is 1. The molecule has 132 valence electrons. The summed E-state index contributed by atoms with van der Waals surface area (Å²) in [5, 5.41) is 15.2. The van der Waals surface area contributed by atoms with Crippen molar-refractivity contribution in [2.45, 2.75) is 65.6 Å². The Hall–Kier alpha value is -0.970. The Labute approximate surface area is 144 Å². The number of Topliss-reactive ketones (excluding diaryl/α,β-unsaturated/α-hetero) is 1. The van der Waals surface area contributed by atoms with Gasteiger partial charge in [-0.05, 0) is 31.4 Å². The molecular formula is C18H31NO3S. The van der Waals surface area contributed by atoms with E-state index in [1.54, 1.807) is 0 Å². The van der Waals surface area contributed by atoms with Crippen molar-refractivity contribution in [3.8, 4) is 0 Å². The lowest BCUT2D eigenvalue weighted by atomic mass is 9.76. The Kier molecular flexibility index (Phi) is 8.74. The molecule has 23 heavy (non-hydrogen) atoms. The molecular weight excluding hydrogens is 310 g/mol. The molecule has 0 bridgehead atoms. The van der Waals surface area contributed by atoms with Gasteiger partial charge in [0.25, 0.3) is 0 Å². The zero-order valence-corrected chi connectivity index (χ0v) is 15.9. The Morgan fingerprint density at radius 3 is 2.70 bits per heavy atom. The van der Waals surface area contributed by atoms with Gasteiger partial charge in [-0.15, -0.1) is 0 Å². The molecule has 0 aromatic heterocycles. The van der Waals surface area contributed by atoms with Crippen LogP contribution in [0.4, 0.5) is 0 Å². The van der Waals surface area contributed by atoms with Crippen molar-refractivity contribution in [1.82, 2.24) is 0 Å². The third-order valence-electron chi connectivity index (χ3n) is 4.29. The highest BCUT2D eigenvalue weighted by Crippen LogP contribution is 2.37. The fourth-order valence-corrected chi connectivity index (χ4v) is 4.03. The van der Waals surface area contributed by atoms with E-state index >= 15 is 0 Å². The summed E-state index contributed by atoms with van der Waals surface area (Å²) in [5.41, 5.74) is 0.998. The minimum atomic E-state index is -0.00807. The maximum atomic E-state index is 12.6. The number of carbonyl (C=O) groups is 1. The van der Waals surface area contributed by atoms with Crippen LogP contribution >= 0.6 is 11.8 Å². The zero-order valence-electron chi connectivity index (χ0n) is 15.1. The van der Waals surface area contributed by atoms with Gasteiger partial charge in [-0.25, -0.2) is 0 Å². The van der Waals surface area contributed by atoms with Crippen LogP contribution in [0.5, 0.6) is 0 Å². The van der Waals surface area contributed by atoms with Crippen LogP contribution in [0.2, 0.25) is 0 Å². The number of hydrogen-bond acceptors (Lipinski definition) is 5. The van der Waals surface area contributed by atoms with Crippen LogP contribution in [-0.2, 0) is 9.63 Å². The Morgan fingerprint density at radius 2 is 2.13 bits per heavy atom. The first-order chi connectivity index (χ1) is 11.0. The number of carbonyl (C=O) groups excluding carboxylic acids is 1. The molecule has 1 aliphatic rings. The molecule has 0 spiro atoms. The third kappa shape index (κ3) is 5.55. The van der Waals surface area contributed by atoms with Gasteiger partial charge in [-0.3, -0.25) is 4.79 Å². The van der Waals surface area contributed by atoms with Crippen LogP contribution in [0.15, 0.2) is 16.5 Å². The van der Waals surface area contributed by atoms with E-state index in [-0.39, 0.29) is 23.4 Å². The summed E-state index contributed by atoms with van der Waals surface area (Å²) >= 11 is 1.90. The van der Waals surface area contributed by atoms with Gasteiger partial charge in [-0.1, -0.05) is 39.3 Å². The lowest BCUT2D eigenvalue weighted by Crippen LogP contribution is -2.31. The van der Waals surface area contributed by atoms with Gasteiger partial charge in [0.05, 0.1) is 11.3 Å². The lowest BCUT2D eigenvalue weighted by molar-refractivity contribution is -0.117. The van der Waals surface area contributed by atoms with E-state index in [1.807, 2.05) is 32.5 Å². The number of ketones is 1. The van der Waals surface area contributed by atoms with Crippen LogP contribution in [0.25, 0.3) is 0 Å². The predicted molar refractivity (Wildman–Crippen MR) is 98.1 cm³/mol. The number of nitrogens with zero attached hydrogens (tertiary/aromatic N) is 1. The van der Waals surface area contributed by atoms with Gasteiger partial charge in [0.15, 0.2) is 5.78 Å². The average Bonchev–Trinajstić information content (AvgIpc) is 2.50. The third-order valence-corrected chi connectivity index (χ3v) is 5.38. The van der Waals surface area contributed by atoms with E-state index in [2.05, 4.69) is 19.0 Å². The van der Waals surface area contributed by atoms with Crippen LogP contribution in [0.1, 0.15) is 60.3 Å². The molecule has 0 saturated carbocycles. The number of aliphatic hydroxyl groups is 1. The Balaban J connectivity index is 3.00. The zero-order chi connectivity index (χ0) is 17.4. The summed E-state index contributed by atoms with van der Waals surface area (Å²) in [5.74, 6) is 1.48. The predicted octanol–water partition coefficient (Wildman–Crippen LogP) is 4.75. The summed E-state index contributed by atoms with van der Waals surface area (Å²) in [6, 6.07) is 0. The fraction of sp³-hybridized carbons (Fsp3) is 0.778. The maximum Gasteiger partial charge on any atom is 0.168 e. The van der Waals surface area contributed by atoms with Gasteiger partial charge < -0.3 is 9.94 Å². The summed E-state index contributed by atoms with van der Waals surface area (Å²) < 4.78 is 0. The van der Waals surface area contributed by atoms with Crippen LogP contribution in [0.3, 0.4) is 0 Å². The number of hydrogen-bond donors (Lipinski definition) is 1. The van der Waals surface area contributed by atoms with E-state index in [0.29, 0.717) is 36.0 Å². The smallest absolute Gasteiger partial charge is 0.168 e. The number of oxime groups is 1. The molecule has 5 heteroatoms. The summed E-state index contributed by atoms with van der Waals surface area (Å²) in [7, 11) is 0. The summed E-state index contributed by atoms with van der Waals surface area (Å²) in [6.45, 7) is 10.7. The van der Waals surface area contributed by atoms with Gasteiger partial charge in [-0.2, -0.15) is 11.8 Å². The molecule has 0 aromatic carbocycles. The number of thioether (sulfide) groups is 1. The van der Waals surface area contributed by atoms with E-state index in [9.17, 15) is 9.90 Å². The van der Waals surface area contributed by atoms with Gasteiger partial charge in [0.2, 0.25) is 0 Å². The highest BCUT2D eigenvalue weighted by atomic mass is 32.2. The second-order valence-electron chi connectivity index (χ2n) is 6.14. The topological polar surface area (TPSA) is 58.9 Å². The van der Waals surface area contributed by atoms with Gasteiger partial charge >= 0.3 is 0 Å². The standard InChI is InChI=1S/C18H31NO3S/c1-6-9-15(19-22-7-2)17-16(20)11-14(13(5)18(17)21)10-12(4)23-8-3/h12-14,21H,6-11H2,1-5H3/b19-15-. The molecule has 3 atom stereocenters. The van der Waals surface area contributed by atoms with Gasteiger partial charge in [0, 0.05) is 17.6 Å². The van der Waals surface area contributed by atoms with Crippen molar-refractivity contribution in [1.29, 1.82) is 0 Å². The first-order valence-electron chi connectivity index (χ1n) is 8.73. The Bertz CT molecular complexity index is 459. The normalized spacial score (nSPS) is 24.0. The first kappa shape index (κ1) is 20.1. The molecule has 0 saturated heterocycles. The van der Waals surface area contributed by atoms with E-state index < -0.39 is 0 Å². The van der Waals surface area contributed by atoms with Crippen molar-refractivity contribution < 1.29 is 14.7 Å². The highest BCUT2D eigenvalue weighted by molar-refractivity contribution is 7.99. The second-order valence-corrected chi connectivity index (χ2v) is 7.86. The number of allylic oxidation sites excluding steroid dienone is 2. The van der Waals surface area contributed by atoms with Crippen molar-refractivity contribution in [3.63, 3.8) is 0 Å². The van der Waals surface area contributed by atoms with Crippen LogP contribution < -0.4 is 0 Å². The van der Waals surface area contributed by atoms with E-state index in [4.69, 9.17) is 4.84 Å².